The SMILES string of the molecule is Cc1noc([C@H](C)OC(=O)[C@@H](C)CC(=O)c2ccc(Cl)cc2)n1. The molecular weight excluding hydrogens is 320 g/mol. The quantitative estimate of drug-likeness (QED) is 0.592. The molecule has 23 heavy (non-hydrogen) atoms. The third kappa shape index (κ3) is 4.63. The Morgan fingerprint density at radius 1 is 1.26 bits per heavy atom. The van der Waals surface area contributed by atoms with Gasteiger partial charge >= 0.3 is 5.97 Å². The first-order valence-electron chi connectivity index (χ1n) is 7.16. The van der Waals surface area contributed by atoms with Crippen LogP contribution in [-0.4, -0.2) is 21.9 Å². The largest absolute Gasteiger partial charge is 0.452 e. The second-order valence-electron chi connectivity index (χ2n) is 5.29. The molecule has 0 spiro atoms. The van der Waals surface area contributed by atoms with Crippen LogP contribution < -0.4 is 0 Å². The number of carbonyl (C=O) groups is 2. The Kier molecular flexibility index (Phi) is 5.50. The van der Waals surface area contributed by atoms with Crippen LogP contribution in [0.5, 0.6) is 0 Å². The molecule has 1 heterocycles. The van der Waals surface area contributed by atoms with Crippen LogP contribution in [0, 0.1) is 12.8 Å². The molecule has 0 aliphatic heterocycles. The molecule has 0 unspecified atom stereocenters. The van der Waals surface area contributed by atoms with Gasteiger partial charge in [0.05, 0.1) is 5.92 Å². The highest BCUT2D eigenvalue weighted by atomic mass is 35.5. The lowest BCUT2D eigenvalue weighted by molar-refractivity contribution is -0.154. The minimum Gasteiger partial charge on any atom is -0.452 e. The van der Waals surface area contributed by atoms with Gasteiger partial charge in [-0.05, 0) is 38.1 Å². The number of rotatable bonds is 6. The Labute approximate surface area is 138 Å². The highest BCUT2D eigenvalue weighted by molar-refractivity contribution is 6.30. The number of esters is 1. The fraction of sp³-hybridized carbons (Fsp3) is 0.375. The average molecular weight is 337 g/mol. The number of benzene rings is 1. The molecule has 0 saturated heterocycles. The lowest BCUT2D eigenvalue weighted by Crippen LogP contribution is -2.20. The summed E-state index contributed by atoms with van der Waals surface area (Å²) >= 11 is 5.78. The summed E-state index contributed by atoms with van der Waals surface area (Å²) in [6.07, 6.45) is -0.604. The van der Waals surface area contributed by atoms with Crippen molar-refractivity contribution in [2.45, 2.75) is 33.3 Å². The minimum absolute atomic E-state index is 0.0516. The summed E-state index contributed by atoms with van der Waals surface area (Å²) in [5.74, 6) is -0.520. The molecule has 0 amide bonds. The first kappa shape index (κ1) is 17.1. The van der Waals surface area contributed by atoms with Crippen molar-refractivity contribution < 1.29 is 18.8 Å². The van der Waals surface area contributed by atoms with Gasteiger partial charge in [0.25, 0.3) is 5.89 Å². The van der Waals surface area contributed by atoms with Crippen molar-refractivity contribution >= 4 is 23.4 Å². The van der Waals surface area contributed by atoms with Gasteiger partial charge in [-0.2, -0.15) is 4.98 Å². The van der Waals surface area contributed by atoms with Crippen LogP contribution in [0.25, 0.3) is 0 Å². The van der Waals surface area contributed by atoms with E-state index < -0.39 is 18.0 Å². The zero-order valence-corrected chi connectivity index (χ0v) is 13.8. The van der Waals surface area contributed by atoms with Crippen LogP contribution in [0.2, 0.25) is 5.02 Å². The molecule has 2 aromatic rings. The first-order valence-corrected chi connectivity index (χ1v) is 7.54. The second-order valence-corrected chi connectivity index (χ2v) is 5.73. The molecule has 7 heteroatoms. The van der Waals surface area contributed by atoms with E-state index in [0.29, 0.717) is 16.4 Å². The summed E-state index contributed by atoms with van der Waals surface area (Å²) < 4.78 is 10.2. The summed E-state index contributed by atoms with van der Waals surface area (Å²) in [5.41, 5.74) is 0.509. The number of carbonyl (C=O) groups excluding carboxylic acids is 2. The predicted molar refractivity (Wildman–Crippen MR) is 83.1 cm³/mol. The highest BCUT2D eigenvalue weighted by Gasteiger charge is 2.24. The van der Waals surface area contributed by atoms with E-state index in [1.54, 1.807) is 45.0 Å². The van der Waals surface area contributed by atoms with E-state index in [1.807, 2.05) is 0 Å². The molecule has 0 saturated carbocycles. The van der Waals surface area contributed by atoms with E-state index in [-0.39, 0.29) is 18.1 Å². The van der Waals surface area contributed by atoms with E-state index in [9.17, 15) is 9.59 Å². The molecule has 6 nitrogen and oxygen atoms in total. The van der Waals surface area contributed by atoms with Crippen molar-refractivity contribution in [3.8, 4) is 0 Å². The van der Waals surface area contributed by atoms with Gasteiger partial charge in [0.1, 0.15) is 0 Å². The number of ether oxygens (including phenoxy) is 1. The maximum absolute atomic E-state index is 12.1. The molecule has 0 radical (unpaired) electrons. The third-order valence-corrected chi connectivity index (χ3v) is 3.50. The number of hydrogen-bond acceptors (Lipinski definition) is 6. The first-order chi connectivity index (χ1) is 10.9. The number of aryl methyl sites for hydroxylation is 1. The molecule has 0 aliphatic rings. The van der Waals surface area contributed by atoms with Crippen LogP contribution >= 0.6 is 11.6 Å². The zero-order valence-electron chi connectivity index (χ0n) is 13.1. The van der Waals surface area contributed by atoms with Gasteiger partial charge in [-0.1, -0.05) is 23.7 Å². The maximum atomic E-state index is 12.1. The number of aromatic nitrogens is 2. The van der Waals surface area contributed by atoms with E-state index in [0.717, 1.165) is 0 Å². The standard InChI is InChI=1S/C16H17ClN2O4/c1-9(8-14(20)12-4-6-13(17)7-5-12)16(21)22-10(2)15-18-11(3)19-23-15/h4-7,9-10H,8H2,1-3H3/t9-,10-/m0/s1. The Hall–Kier alpha value is -2.21. The Balaban J connectivity index is 1.91. The van der Waals surface area contributed by atoms with Crippen molar-refractivity contribution in [1.29, 1.82) is 0 Å². The maximum Gasteiger partial charge on any atom is 0.309 e. The summed E-state index contributed by atoms with van der Waals surface area (Å²) in [6.45, 7) is 4.95. The topological polar surface area (TPSA) is 82.3 Å². The molecule has 2 atom stereocenters. The molecule has 0 N–H and O–H groups in total. The highest BCUT2D eigenvalue weighted by Crippen LogP contribution is 2.19. The van der Waals surface area contributed by atoms with Crippen LogP contribution in [0.3, 0.4) is 0 Å². The summed E-state index contributed by atoms with van der Waals surface area (Å²) in [5, 5.41) is 4.20. The van der Waals surface area contributed by atoms with Crippen LogP contribution in [0.1, 0.15) is 48.4 Å². The van der Waals surface area contributed by atoms with E-state index in [1.165, 1.54) is 0 Å². The van der Waals surface area contributed by atoms with Crippen LogP contribution in [0.15, 0.2) is 28.8 Å². The smallest absolute Gasteiger partial charge is 0.309 e. The molecule has 0 aliphatic carbocycles. The molecular formula is C16H17ClN2O4. The second kappa shape index (κ2) is 7.37. The van der Waals surface area contributed by atoms with Crippen molar-refractivity contribution in [3.63, 3.8) is 0 Å². The molecule has 1 aromatic heterocycles. The third-order valence-electron chi connectivity index (χ3n) is 3.24. The number of hydrogen-bond donors (Lipinski definition) is 0. The molecule has 122 valence electrons. The van der Waals surface area contributed by atoms with Crippen LogP contribution in [-0.2, 0) is 9.53 Å². The Morgan fingerprint density at radius 3 is 2.48 bits per heavy atom. The Bertz CT molecular complexity index is 696. The normalized spacial score (nSPS) is 13.4. The summed E-state index contributed by atoms with van der Waals surface area (Å²) in [6, 6.07) is 6.54. The van der Waals surface area contributed by atoms with Gasteiger partial charge in [-0.25, -0.2) is 0 Å². The number of halogens is 1. The van der Waals surface area contributed by atoms with Crippen molar-refractivity contribution in [1.82, 2.24) is 10.1 Å². The van der Waals surface area contributed by atoms with Gasteiger partial charge < -0.3 is 9.26 Å². The van der Waals surface area contributed by atoms with E-state index >= 15 is 0 Å². The summed E-state index contributed by atoms with van der Waals surface area (Å²) in [7, 11) is 0. The fourth-order valence-electron chi connectivity index (χ4n) is 1.93. The van der Waals surface area contributed by atoms with Crippen molar-refractivity contribution in [3.05, 3.63) is 46.6 Å². The lowest BCUT2D eigenvalue weighted by atomic mass is 10.00. The van der Waals surface area contributed by atoms with Crippen molar-refractivity contribution in [2.75, 3.05) is 0 Å². The zero-order chi connectivity index (χ0) is 17.0. The van der Waals surface area contributed by atoms with Crippen molar-refractivity contribution in [2.24, 2.45) is 5.92 Å². The number of nitrogens with zero attached hydrogens (tertiary/aromatic N) is 2. The fourth-order valence-corrected chi connectivity index (χ4v) is 2.06. The summed E-state index contributed by atoms with van der Waals surface area (Å²) in [4.78, 5) is 28.2. The lowest BCUT2D eigenvalue weighted by Gasteiger charge is -2.13. The van der Waals surface area contributed by atoms with Gasteiger partial charge in [0.2, 0.25) is 0 Å². The van der Waals surface area contributed by atoms with E-state index in [2.05, 4.69) is 10.1 Å². The number of ketones is 1. The molecule has 1 aromatic carbocycles. The average Bonchev–Trinajstić information content (AvgIpc) is 2.94. The Morgan fingerprint density at radius 2 is 1.91 bits per heavy atom. The number of Topliss-reactive ketones (excluding diaryl/α,β-unsaturated/α-hetero) is 1. The van der Waals surface area contributed by atoms with Gasteiger partial charge in [-0.15, -0.1) is 0 Å². The molecule has 2 rings (SSSR count). The van der Waals surface area contributed by atoms with Gasteiger partial charge in [0, 0.05) is 17.0 Å². The van der Waals surface area contributed by atoms with Gasteiger partial charge in [-0.3, -0.25) is 9.59 Å². The van der Waals surface area contributed by atoms with Gasteiger partial charge in [0.15, 0.2) is 17.7 Å². The molecule has 0 fully saturated rings. The van der Waals surface area contributed by atoms with Crippen LogP contribution in [0.4, 0.5) is 0 Å². The monoisotopic (exact) mass is 336 g/mol. The molecule has 0 bridgehead atoms. The van der Waals surface area contributed by atoms with E-state index in [4.69, 9.17) is 20.9 Å². The predicted octanol–water partition coefficient (Wildman–Crippen LogP) is 3.54. The minimum atomic E-state index is -0.656.